The van der Waals surface area contributed by atoms with Crippen molar-refractivity contribution in [2.75, 3.05) is 5.32 Å². The molecule has 0 aliphatic heterocycles. The number of carbonyl (C=O) groups excluding carboxylic acids is 2. The third kappa shape index (κ3) is 5.31. The van der Waals surface area contributed by atoms with Gasteiger partial charge in [0.1, 0.15) is 0 Å². The molecule has 0 unspecified atom stereocenters. The van der Waals surface area contributed by atoms with Crippen molar-refractivity contribution in [3.05, 3.63) is 52.2 Å². The van der Waals surface area contributed by atoms with Crippen molar-refractivity contribution in [3.63, 3.8) is 0 Å². The Morgan fingerprint density at radius 2 is 1.88 bits per heavy atom. The van der Waals surface area contributed by atoms with Crippen molar-refractivity contribution in [3.8, 4) is 0 Å². The SMILES string of the molecule is CC(=NNC(=O)c1ccc(NC(=O)CC(C)C)cc1)c1cccs1. The summed E-state index contributed by atoms with van der Waals surface area (Å²) < 4.78 is 0. The number of rotatable bonds is 6. The van der Waals surface area contributed by atoms with E-state index in [9.17, 15) is 9.59 Å². The van der Waals surface area contributed by atoms with Gasteiger partial charge in [0, 0.05) is 22.5 Å². The molecular weight excluding hydrogens is 322 g/mol. The summed E-state index contributed by atoms with van der Waals surface area (Å²) in [5.41, 5.74) is 4.46. The maximum Gasteiger partial charge on any atom is 0.271 e. The highest BCUT2D eigenvalue weighted by molar-refractivity contribution is 7.12. The van der Waals surface area contributed by atoms with Gasteiger partial charge in [-0.25, -0.2) is 5.43 Å². The molecule has 0 aliphatic carbocycles. The van der Waals surface area contributed by atoms with Crippen LogP contribution in [0, 0.1) is 5.92 Å². The molecule has 126 valence electrons. The minimum absolute atomic E-state index is 0.0293. The van der Waals surface area contributed by atoms with E-state index in [4.69, 9.17) is 0 Å². The lowest BCUT2D eigenvalue weighted by molar-refractivity contribution is -0.116. The zero-order chi connectivity index (χ0) is 17.5. The van der Waals surface area contributed by atoms with Crippen molar-refractivity contribution in [2.45, 2.75) is 27.2 Å². The van der Waals surface area contributed by atoms with Gasteiger partial charge in [-0.15, -0.1) is 11.3 Å². The molecule has 0 spiro atoms. The van der Waals surface area contributed by atoms with Crippen LogP contribution in [0.1, 0.15) is 42.4 Å². The summed E-state index contributed by atoms with van der Waals surface area (Å²) in [5, 5.41) is 8.88. The molecule has 1 aromatic carbocycles. The smallest absolute Gasteiger partial charge is 0.271 e. The summed E-state index contributed by atoms with van der Waals surface area (Å²) in [6.07, 6.45) is 0.471. The standard InChI is InChI=1S/C18H21N3O2S/c1-12(2)11-17(22)19-15-8-6-14(7-9-15)18(23)21-20-13(3)16-5-4-10-24-16/h4-10,12H,11H2,1-3H3,(H,19,22)(H,21,23). The highest BCUT2D eigenvalue weighted by Crippen LogP contribution is 2.12. The summed E-state index contributed by atoms with van der Waals surface area (Å²) in [6, 6.07) is 10.6. The van der Waals surface area contributed by atoms with Gasteiger partial charge in [0.15, 0.2) is 0 Å². The molecule has 5 nitrogen and oxygen atoms in total. The molecule has 0 saturated heterocycles. The fourth-order valence-corrected chi connectivity index (χ4v) is 2.70. The van der Waals surface area contributed by atoms with Gasteiger partial charge in [0.05, 0.1) is 5.71 Å². The number of carbonyl (C=O) groups is 2. The van der Waals surface area contributed by atoms with Gasteiger partial charge >= 0.3 is 0 Å². The van der Waals surface area contributed by atoms with E-state index in [1.54, 1.807) is 35.6 Å². The van der Waals surface area contributed by atoms with Gasteiger partial charge in [-0.1, -0.05) is 19.9 Å². The maximum atomic E-state index is 12.1. The van der Waals surface area contributed by atoms with E-state index in [-0.39, 0.29) is 11.8 Å². The Bertz CT molecular complexity index is 719. The molecule has 0 radical (unpaired) electrons. The van der Waals surface area contributed by atoms with Crippen LogP contribution in [-0.2, 0) is 4.79 Å². The molecule has 2 amide bonds. The summed E-state index contributed by atoms with van der Waals surface area (Å²) in [7, 11) is 0. The van der Waals surface area contributed by atoms with Gasteiger partial charge in [-0.05, 0) is 48.6 Å². The van der Waals surface area contributed by atoms with E-state index in [0.717, 1.165) is 10.6 Å². The summed E-state index contributed by atoms with van der Waals surface area (Å²) in [5.74, 6) is -0.0103. The first-order valence-electron chi connectivity index (χ1n) is 7.74. The van der Waals surface area contributed by atoms with Crippen LogP contribution in [-0.4, -0.2) is 17.5 Å². The predicted octanol–water partition coefficient (Wildman–Crippen LogP) is 3.89. The average Bonchev–Trinajstić information content (AvgIpc) is 3.06. The van der Waals surface area contributed by atoms with Gasteiger partial charge < -0.3 is 5.32 Å². The Morgan fingerprint density at radius 3 is 2.46 bits per heavy atom. The van der Waals surface area contributed by atoms with E-state index in [2.05, 4.69) is 15.8 Å². The lowest BCUT2D eigenvalue weighted by atomic mass is 10.1. The Kier molecular flexibility index (Phi) is 6.26. The van der Waals surface area contributed by atoms with Gasteiger partial charge in [0.25, 0.3) is 5.91 Å². The van der Waals surface area contributed by atoms with E-state index in [1.807, 2.05) is 38.3 Å². The molecule has 2 N–H and O–H groups in total. The largest absolute Gasteiger partial charge is 0.326 e. The molecule has 6 heteroatoms. The molecule has 0 saturated carbocycles. The predicted molar refractivity (Wildman–Crippen MR) is 98.5 cm³/mol. The van der Waals surface area contributed by atoms with E-state index in [1.165, 1.54) is 0 Å². The summed E-state index contributed by atoms with van der Waals surface area (Å²) in [6.45, 7) is 5.83. The molecular formula is C18H21N3O2S. The number of nitrogens with one attached hydrogen (secondary N) is 2. The first-order valence-corrected chi connectivity index (χ1v) is 8.62. The lowest BCUT2D eigenvalue weighted by Crippen LogP contribution is -2.19. The minimum atomic E-state index is -0.286. The van der Waals surface area contributed by atoms with Crippen LogP contribution >= 0.6 is 11.3 Å². The highest BCUT2D eigenvalue weighted by Gasteiger charge is 2.08. The van der Waals surface area contributed by atoms with Crippen LogP contribution in [0.2, 0.25) is 0 Å². The molecule has 0 fully saturated rings. The van der Waals surface area contributed by atoms with Crippen LogP contribution in [0.5, 0.6) is 0 Å². The fourth-order valence-electron chi connectivity index (χ4n) is 2.03. The third-order valence-corrected chi connectivity index (χ3v) is 4.21. The first-order chi connectivity index (χ1) is 11.5. The topological polar surface area (TPSA) is 70.6 Å². The average molecular weight is 343 g/mol. The zero-order valence-corrected chi connectivity index (χ0v) is 14.8. The minimum Gasteiger partial charge on any atom is -0.326 e. The molecule has 0 bridgehead atoms. The molecule has 0 atom stereocenters. The Hall–Kier alpha value is -2.47. The van der Waals surface area contributed by atoms with Crippen molar-refractivity contribution in [1.82, 2.24) is 5.43 Å². The van der Waals surface area contributed by atoms with Crippen LogP contribution in [0.25, 0.3) is 0 Å². The normalized spacial score (nSPS) is 11.4. The number of amides is 2. The second-order valence-electron chi connectivity index (χ2n) is 5.84. The summed E-state index contributed by atoms with van der Waals surface area (Å²) >= 11 is 1.57. The fraction of sp³-hybridized carbons (Fsp3) is 0.278. The van der Waals surface area contributed by atoms with Crippen LogP contribution in [0.15, 0.2) is 46.9 Å². The van der Waals surface area contributed by atoms with Crippen molar-refractivity contribution < 1.29 is 9.59 Å². The van der Waals surface area contributed by atoms with Crippen LogP contribution < -0.4 is 10.7 Å². The molecule has 0 aliphatic rings. The monoisotopic (exact) mass is 343 g/mol. The number of thiophene rings is 1. The molecule has 1 aromatic heterocycles. The third-order valence-electron chi connectivity index (χ3n) is 3.23. The van der Waals surface area contributed by atoms with Crippen LogP contribution in [0.3, 0.4) is 0 Å². The second kappa shape index (κ2) is 8.40. The lowest BCUT2D eigenvalue weighted by Gasteiger charge is -2.08. The van der Waals surface area contributed by atoms with E-state index in [0.29, 0.717) is 23.6 Å². The van der Waals surface area contributed by atoms with Gasteiger partial charge in [-0.3, -0.25) is 9.59 Å². The van der Waals surface area contributed by atoms with E-state index < -0.39 is 0 Å². The Balaban J connectivity index is 1.94. The molecule has 1 heterocycles. The van der Waals surface area contributed by atoms with Gasteiger partial charge in [-0.2, -0.15) is 5.10 Å². The Morgan fingerprint density at radius 1 is 1.17 bits per heavy atom. The molecule has 2 aromatic rings. The quantitative estimate of drug-likeness (QED) is 0.617. The van der Waals surface area contributed by atoms with Crippen molar-refractivity contribution in [1.29, 1.82) is 0 Å². The molecule has 24 heavy (non-hydrogen) atoms. The van der Waals surface area contributed by atoms with Crippen molar-refractivity contribution >= 4 is 34.6 Å². The number of hydrogen-bond acceptors (Lipinski definition) is 4. The number of hydrogen-bond donors (Lipinski definition) is 2. The zero-order valence-electron chi connectivity index (χ0n) is 14.0. The number of nitrogens with zero attached hydrogens (tertiary/aromatic N) is 1. The number of benzene rings is 1. The first kappa shape index (κ1) is 17.9. The van der Waals surface area contributed by atoms with Crippen LogP contribution in [0.4, 0.5) is 5.69 Å². The highest BCUT2D eigenvalue weighted by atomic mass is 32.1. The van der Waals surface area contributed by atoms with E-state index >= 15 is 0 Å². The maximum absolute atomic E-state index is 12.1. The second-order valence-corrected chi connectivity index (χ2v) is 6.79. The van der Waals surface area contributed by atoms with Gasteiger partial charge in [0.2, 0.25) is 5.91 Å². The summed E-state index contributed by atoms with van der Waals surface area (Å²) in [4.78, 5) is 24.8. The number of anilines is 1. The Labute approximate surface area is 145 Å². The molecule has 2 rings (SSSR count). The van der Waals surface area contributed by atoms with Crippen molar-refractivity contribution in [2.24, 2.45) is 11.0 Å². The number of hydrazone groups is 1.